The fourth-order valence-electron chi connectivity index (χ4n) is 3.90. The van der Waals surface area contributed by atoms with Gasteiger partial charge < -0.3 is 4.42 Å². The molecule has 1 heterocycles. The van der Waals surface area contributed by atoms with E-state index in [1.165, 1.54) is 33.0 Å². The van der Waals surface area contributed by atoms with E-state index in [9.17, 15) is 0 Å². The maximum absolute atomic E-state index is 5.65. The first kappa shape index (κ1) is 18.9. The van der Waals surface area contributed by atoms with E-state index in [1.54, 1.807) is 0 Å². The van der Waals surface area contributed by atoms with Crippen LogP contribution in [0, 0.1) is 0 Å². The first-order valence-corrected chi connectivity index (χ1v) is 10.5. The molecule has 5 aromatic carbocycles. The largest absolute Gasteiger partial charge is 0.456 e. The molecule has 1 nitrogen and oxygen atoms in total. The van der Waals surface area contributed by atoms with Crippen molar-refractivity contribution < 1.29 is 4.42 Å². The molecule has 0 atom stereocenters. The van der Waals surface area contributed by atoms with Gasteiger partial charge >= 0.3 is 0 Å². The highest BCUT2D eigenvalue weighted by molar-refractivity contribution is 6.04. The molecular formula is C30H22O. The van der Waals surface area contributed by atoms with Gasteiger partial charge in [0, 0.05) is 10.8 Å². The standard InChI is InChI=1S/C18H14.C12H8O/c1-3-9-15(10-4-1)17-13-7-8-14-18(17)16-11-5-2-6-12-16;1-3-7-11-9(5-1)10-6-2-4-8-12(10)13-11/h1-14H;1-8H. The Morgan fingerprint density at radius 2 is 0.677 bits per heavy atom. The highest BCUT2D eigenvalue weighted by Crippen LogP contribution is 2.31. The fraction of sp³-hybridized carbons (Fsp3) is 0. The summed E-state index contributed by atoms with van der Waals surface area (Å²) in [6.45, 7) is 0. The summed E-state index contributed by atoms with van der Waals surface area (Å²) in [5.74, 6) is 0. The predicted octanol–water partition coefficient (Wildman–Crippen LogP) is 8.61. The van der Waals surface area contributed by atoms with E-state index in [0.717, 1.165) is 11.2 Å². The summed E-state index contributed by atoms with van der Waals surface area (Å²) in [6, 6.07) is 45.8. The smallest absolute Gasteiger partial charge is 0.135 e. The third kappa shape index (κ3) is 3.99. The van der Waals surface area contributed by atoms with Crippen LogP contribution >= 0.6 is 0 Å². The van der Waals surface area contributed by atoms with E-state index in [0.29, 0.717) is 0 Å². The van der Waals surface area contributed by atoms with E-state index in [-0.39, 0.29) is 0 Å². The average molecular weight is 399 g/mol. The molecule has 0 radical (unpaired) electrons. The number of para-hydroxylation sites is 2. The third-order valence-electron chi connectivity index (χ3n) is 5.38. The van der Waals surface area contributed by atoms with E-state index < -0.39 is 0 Å². The van der Waals surface area contributed by atoms with Crippen LogP contribution < -0.4 is 0 Å². The third-order valence-corrected chi connectivity index (χ3v) is 5.38. The number of fused-ring (bicyclic) bond motifs is 3. The van der Waals surface area contributed by atoms with Crippen LogP contribution in [0.2, 0.25) is 0 Å². The number of benzene rings is 5. The van der Waals surface area contributed by atoms with Crippen LogP contribution in [0.3, 0.4) is 0 Å². The highest BCUT2D eigenvalue weighted by Gasteiger charge is 2.05. The molecule has 0 aliphatic carbocycles. The summed E-state index contributed by atoms with van der Waals surface area (Å²) < 4.78 is 5.65. The van der Waals surface area contributed by atoms with Crippen LogP contribution in [0.5, 0.6) is 0 Å². The van der Waals surface area contributed by atoms with Gasteiger partial charge in [0.05, 0.1) is 0 Å². The van der Waals surface area contributed by atoms with Crippen LogP contribution in [0.15, 0.2) is 138 Å². The van der Waals surface area contributed by atoms with E-state index >= 15 is 0 Å². The summed E-state index contributed by atoms with van der Waals surface area (Å²) in [4.78, 5) is 0. The molecule has 0 fully saturated rings. The SMILES string of the molecule is c1ccc(-c2ccccc2-c2ccccc2)cc1.c1ccc2c(c1)oc1ccccc12. The van der Waals surface area contributed by atoms with Gasteiger partial charge in [0.15, 0.2) is 0 Å². The van der Waals surface area contributed by atoms with Crippen molar-refractivity contribution in [3.63, 3.8) is 0 Å². The van der Waals surface area contributed by atoms with Crippen molar-refractivity contribution in [2.45, 2.75) is 0 Å². The monoisotopic (exact) mass is 398 g/mol. The number of rotatable bonds is 2. The zero-order valence-electron chi connectivity index (χ0n) is 17.1. The minimum Gasteiger partial charge on any atom is -0.456 e. The summed E-state index contributed by atoms with van der Waals surface area (Å²) in [7, 11) is 0. The molecule has 0 bridgehead atoms. The predicted molar refractivity (Wildman–Crippen MR) is 131 cm³/mol. The normalized spacial score (nSPS) is 10.6. The van der Waals surface area contributed by atoms with Gasteiger partial charge in [0.25, 0.3) is 0 Å². The molecule has 0 N–H and O–H groups in total. The molecule has 0 spiro atoms. The summed E-state index contributed by atoms with van der Waals surface area (Å²) in [5, 5.41) is 2.39. The Bertz CT molecular complexity index is 1300. The molecule has 0 saturated heterocycles. The Kier molecular flexibility index (Phi) is 5.32. The molecule has 0 saturated carbocycles. The van der Waals surface area contributed by atoms with E-state index in [2.05, 4.69) is 97.1 Å². The Hall–Kier alpha value is -4.10. The second-order valence-corrected chi connectivity index (χ2v) is 7.37. The lowest BCUT2D eigenvalue weighted by Crippen LogP contribution is -1.83. The van der Waals surface area contributed by atoms with Gasteiger partial charge in [0.1, 0.15) is 11.2 Å². The van der Waals surface area contributed by atoms with Crippen LogP contribution in [0.1, 0.15) is 0 Å². The van der Waals surface area contributed by atoms with Crippen molar-refractivity contribution in [2.75, 3.05) is 0 Å². The second-order valence-electron chi connectivity index (χ2n) is 7.37. The van der Waals surface area contributed by atoms with Crippen molar-refractivity contribution in [3.8, 4) is 22.3 Å². The zero-order chi connectivity index (χ0) is 20.9. The van der Waals surface area contributed by atoms with Gasteiger partial charge in [-0.25, -0.2) is 0 Å². The molecule has 6 rings (SSSR count). The van der Waals surface area contributed by atoms with Gasteiger partial charge in [0.2, 0.25) is 0 Å². The second kappa shape index (κ2) is 8.73. The quantitative estimate of drug-likeness (QED) is 0.284. The molecule has 6 aromatic rings. The lowest BCUT2D eigenvalue weighted by atomic mass is 9.95. The van der Waals surface area contributed by atoms with E-state index in [1.807, 2.05) is 36.4 Å². The molecule has 0 amide bonds. The highest BCUT2D eigenvalue weighted by atomic mass is 16.3. The molecule has 1 aromatic heterocycles. The molecule has 148 valence electrons. The Morgan fingerprint density at radius 1 is 0.323 bits per heavy atom. The molecule has 0 aliphatic heterocycles. The zero-order valence-corrected chi connectivity index (χ0v) is 17.1. The van der Waals surface area contributed by atoms with Crippen LogP contribution in [0.4, 0.5) is 0 Å². The van der Waals surface area contributed by atoms with Gasteiger partial charge in [-0.15, -0.1) is 0 Å². The number of furan rings is 1. The summed E-state index contributed by atoms with van der Waals surface area (Å²) >= 11 is 0. The molecule has 31 heavy (non-hydrogen) atoms. The number of hydrogen-bond donors (Lipinski definition) is 0. The van der Waals surface area contributed by atoms with Crippen LogP contribution in [0.25, 0.3) is 44.2 Å². The van der Waals surface area contributed by atoms with Crippen molar-refractivity contribution in [3.05, 3.63) is 133 Å². The Morgan fingerprint density at radius 3 is 1.13 bits per heavy atom. The van der Waals surface area contributed by atoms with Crippen LogP contribution in [-0.4, -0.2) is 0 Å². The van der Waals surface area contributed by atoms with Gasteiger partial charge in [-0.1, -0.05) is 121 Å². The molecule has 0 unspecified atom stereocenters. The van der Waals surface area contributed by atoms with E-state index in [4.69, 9.17) is 4.42 Å². The van der Waals surface area contributed by atoms with Crippen molar-refractivity contribution >= 4 is 21.9 Å². The first-order valence-electron chi connectivity index (χ1n) is 10.5. The van der Waals surface area contributed by atoms with Crippen molar-refractivity contribution in [1.29, 1.82) is 0 Å². The van der Waals surface area contributed by atoms with Crippen LogP contribution in [-0.2, 0) is 0 Å². The minimum absolute atomic E-state index is 0.962. The average Bonchev–Trinajstić information content (AvgIpc) is 3.24. The minimum atomic E-state index is 0.962. The molecule has 0 aliphatic rings. The lowest BCUT2D eigenvalue weighted by molar-refractivity contribution is 0.669. The topological polar surface area (TPSA) is 13.1 Å². The summed E-state index contributed by atoms with van der Waals surface area (Å²) in [5.41, 5.74) is 7.01. The van der Waals surface area contributed by atoms with Gasteiger partial charge in [-0.05, 0) is 34.4 Å². The Balaban J connectivity index is 0.000000138. The molecule has 1 heteroatoms. The number of hydrogen-bond acceptors (Lipinski definition) is 1. The molecular weight excluding hydrogens is 376 g/mol. The lowest BCUT2D eigenvalue weighted by Gasteiger charge is -2.09. The first-order chi connectivity index (χ1) is 15.4. The summed E-state index contributed by atoms with van der Waals surface area (Å²) in [6.07, 6.45) is 0. The maximum Gasteiger partial charge on any atom is 0.135 e. The fourth-order valence-corrected chi connectivity index (χ4v) is 3.90. The van der Waals surface area contributed by atoms with Gasteiger partial charge in [-0.2, -0.15) is 0 Å². The van der Waals surface area contributed by atoms with Gasteiger partial charge in [-0.3, -0.25) is 0 Å². The maximum atomic E-state index is 5.65. The van der Waals surface area contributed by atoms with Crippen molar-refractivity contribution in [1.82, 2.24) is 0 Å². The Labute approximate surface area is 182 Å². The van der Waals surface area contributed by atoms with Crippen molar-refractivity contribution in [2.24, 2.45) is 0 Å².